The summed E-state index contributed by atoms with van der Waals surface area (Å²) >= 11 is 0. The number of rotatable bonds is 6. The molecule has 0 spiro atoms. The molecule has 0 bridgehead atoms. The first kappa shape index (κ1) is 22.1. The summed E-state index contributed by atoms with van der Waals surface area (Å²) in [4.78, 5) is 12.5. The van der Waals surface area contributed by atoms with Crippen LogP contribution < -0.4 is 5.43 Å². The van der Waals surface area contributed by atoms with E-state index in [1.807, 2.05) is 26.0 Å². The van der Waals surface area contributed by atoms with Crippen molar-refractivity contribution in [2.45, 2.75) is 33.6 Å². The lowest BCUT2D eigenvalue weighted by Gasteiger charge is -2.10. The number of nitrogens with zero attached hydrogens (tertiary/aromatic N) is 3. The number of hydrogen-bond donors (Lipinski definition) is 3. The van der Waals surface area contributed by atoms with Crippen molar-refractivity contribution in [1.82, 2.24) is 5.01 Å². The van der Waals surface area contributed by atoms with Crippen molar-refractivity contribution in [1.29, 1.82) is 0 Å². The van der Waals surface area contributed by atoms with Crippen LogP contribution in [0.3, 0.4) is 0 Å². The number of anilines is 1. The summed E-state index contributed by atoms with van der Waals surface area (Å²) in [6.45, 7) is 6.24. The number of nitrogens with one attached hydrogen (secondary N) is 1. The Hall–Kier alpha value is -3.63. The maximum absolute atomic E-state index is 12.5. The zero-order valence-electron chi connectivity index (χ0n) is 17.9. The first-order valence-corrected chi connectivity index (χ1v) is 10.1. The van der Waals surface area contributed by atoms with Crippen LogP contribution in [-0.4, -0.2) is 45.7 Å². The maximum atomic E-state index is 12.5. The highest BCUT2D eigenvalue weighted by atomic mass is 16.3. The zero-order chi connectivity index (χ0) is 22.4. The van der Waals surface area contributed by atoms with Crippen molar-refractivity contribution < 1.29 is 15.0 Å². The Bertz CT molecular complexity index is 1090. The van der Waals surface area contributed by atoms with Gasteiger partial charge >= 0.3 is 0 Å². The van der Waals surface area contributed by atoms with Gasteiger partial charge in [-0.15, -0.1) is 0 Å². The van der Waals surface area contributed by atoms with Gasteiger partial charge in [0.2, 0.25) is 0 Å². The van der Waals surface area contributed by atoms with E-state index in [2.05, 4.69) is 33.5 Å². The Balaban J connectivity index is 1.76. The summed E-state index contributed by atoms with van der Waals surface area (Å²) in [5.74, 6) is 5.73. The van der Waals surface area contributed by atoms with Crippen LogP contribution in [0.15, 0.2) is 46.6 Å². The van der Waals surface area contributed by atoms with E-state index in [0.29, 0.717) is 36.3 Å². The molecule has 0 fully saturated rings. The first-order valence-electron chi connectivity index (χ1n) is 10.1. The van der Waals surface area contributed by atoms with Gasteiger partial charge in [-0.25, -0.2) is 5.01 Å². The van der Waals surface area contributed by atoms with Crippen molar-refractivity contribution >= 4 is 23.0 Å². The molecule has 160 valence electrons. The van der Waals surface area contributed by atoms with Crippen molar-refractivity contribution in [2.75, 3.05) is 18.6 Å². The van der Waals surface area contributed by atoms with E-state index in [9.17, 15) is 9.90 Å². The molecule has 0 unspecified atom stereocenters. The number of aliphatic hydroxyl groups is 1. The number of amides is 1. The lowest BCUT2D eigenvalue weighted by molar-refractivity contribution is -0.123. The number of carbonyl (C=O) groups excluding carboxylic acids is 1. The third-order valence-electron chi connectivity index (χ3n) is 4.72. The van der Waals surface area contributed by atoms with Gasteiger partial charge in [0.1, 0.15) is 0 Å². The van der Waals surface area contributed by atoms with Crippen LogP contribution in [0.1, 0.15) is 42.0 Å². The highest BCUT2D eigenvalue weighted by Gasteiger charge is 2.29. The Morgan fingerprint density at radius 2 is 1.84 bits per heavy atom. The number of para-hydroxylation sites is 1. The van der Waals surface area contributed by atoms with Gasteiger partial charge in [0.15, 0.2) is 11.5 Å². The van der Waals surface area contributed by atoms with Gasteiger partial charge in [0, 0.05) is 18.7 Å². The minimum Gasteiger partial charge on any atom is -0.504 e. The average molecular weight is 418 g/mol. The Morgan fingerprint density at radius 3 is 2.55 bits per heavy atom. The predicted molar refractivity (Wildman–Crippen MR) is 122 cm³/mol. The molecular weight excluding hydrogens is 392 g/mol. The topological polar surface area (TPSA) is 97.5 Å². The van der Waals surface area contributed by atoms with Gasteiger partial charge in [-0.05, 0) is 69.0 Å². The standard InChI is InChI=1S/C24H26N4O3/c1-16-13-17(2)15-19(14-16)9-10-20-7-6-8-21(23(20)30)25-26-22-18(3)27-28(24(22)31)11-4-5-12-29/h6-8,13-15,25,29-30H,4-5,11-12H2,1-3H3. The molecule has 31 heavy (non-hydrogen) atoms. The molecule has 2 aromatic carbocycles. The van der Waals surface area contributed by atoms with Gasteiger partial charge in [-0.1, -0.05) is 24.0 Å². The first-order chi connectivity index (χ1) is 14.9. The van der Waals surface area contributed by atoms with Crippen molar-refractivity contribution in [3.8, 4) is 17.6 Å². The highest BCUT2D eigenvalue weighted by Crippen LogP contribution is 2.27. The number of carbonyl (C=O) groups is 1. The molecule has 1 aliphatic heterocycles. The number of phenolic OH excluding ortho intramolecular Hbond substituents is 1. The summed E-state index contributed by atoms with van der Waals surface area (Å²) in [7, 11) is 0. The fourth-order valence-electron chi connectivity index (χ4n) is 3.24. The van der Waals surface area contributed by atoms with Crippen molar-refractivity contribution in [3.63, 3.8) is 0 Å². The van der Waals surface area contributed by atoms with Gasteiger partial charge in [-0.3, -0.25) is 10.2 Å². The molecule has 3 N–H and O–H groups in total. The number of hydrazone groups is 2. The van der Waals surface area contributed by atoms with E-state index >= 15 is 0 Å². The molecule has 7 nitrogen and oxygen atoms in total. The van der Waals surface area contributed by atoms with Crippen molar-refractivity contribution in [2.24, 2.45) is 10.2 Å². The van der Waals surface area contributed by atoms with E-state index in [1.165, 1.54) is 5.01 Å². The average Bonchev–Trinajstić information content (AvgIpc) is 2.99. The van der Waals surface area contributed by atoms with Crippen molar-refractivity contribution in [3.05, 3.63) is 58.7 Å². The number of phenols is 1. The van der Waals surface area contributed by atoms with E-state index in [4.69, 9.17) is 5.11 Å². The molecule has 0 saturated heterocycles. The van der Waals surface area contributed by atoms with Crippen LogP contribution in [-0.2, 0) is 4.79 Å². The third kappa shape index (κ3) is 5.50. The smallest absolute Gasteiger partial charge is 0.296 e. The summed E-state index contributed by atoms with van der Waals surface area (Å²) < 4.78 is 0. The Kier molecular flexibility index (Phi) is 7.06. The Morgan fingerprint density at radius 1 is 1.10 bits per heavy atom. The number of hydrogen-bond acceptors (Lipinski definition) is 6. The molecule has 0 atom stereocenters. The number of aliphatic hydroxyl groups excluding tert-OH is 1. The second kappa shape index (κ2) is 9.92. The molecule has 0 radical (unpaired) electrons. The molecule has 0 saturated carbocycles. The normalized spacial score (nSPS) is 14.5. The van der Waals surface area contributed by atoms with Gasteiger partial charge in [-0.2, -0.15) is 10.2 Å². The molecule has 1 amide bonds. The summed E-state index contributed by atoms with van der Waals surface area (Å²) in [5, 5.41) is 29.2. The molecule has 1 heterocycles. The van der Waals surface area contributed by atoms with Crippen LogP contribution in [0, 0.1) is 25.7 Å². The molecule has 2 aromatic rings. The SMILES string of the molecule is CC1=NN(CCCCO)C(=O)C1=NNc1cccc(C#Cc2cc(C)cc(C)c2)c1O. The van der Waals surface area contributed by atoms with Gasteiger partial charge in [0.25, 0.3) is 5.91 Å². The van der Waals surface area contributed by atoms with Crippen LogP contribution in [0.4, 0.5) is 5.69 Å². The molecule has 7 heteroatoms. The molecule has 1 aliphatic rings. The zero-order valence-corrected chi connectivity index (χ0v) is 17.9. The van der Waals surface area contributed by atoms with E-state index in [1.54, 1.807) is 25.1 Å². The fraction of sp³-hybridized carbons (Fsp3) is 0.292. The van der Waals surface area contributed by atoms with Crippen LogP contribution in [0.25, 0.3) is 0 Å². The molecule has 0 aliphatic carbocycles. The quantitative estimate of drug-likeness (QED) is 0.290. The minimum atomic E-state index is -0.312. The lowest BCUT2D eigenvalue weighted by Crippen LogP contribution is -2.29. The third-order valence-corrected chi connectivity index (χ3v) is 4.72. The predicted octanol–water partition coefficient (Wildman–Crippen LogP) is 3.17. The van der Waals surface area contributed by atoms with E-state index in [0.717, 1.165) is 16.7 Å². The number of aryl methyl sites for hydroxylation is 2. The summed E-state index contributed by atoms with van der Waals surface area (Å²) in [6, 6.07) is 11.2. The highest BCUT2D eigenvalue weighted by molar-refractivity contribution is 6.68. The summed E-state index contributed by atoms with van der Waals surface area (Å²) in [6.07, 6.45) is 1.26. The molecule has 0 aromatic heterocycles. The van der Waals surface area contributed by atoms with Gasteiger partial charge in [0.05, 0.1) is 17.0 Å². The summed E-state index contributed by atoms with van der Waals surface area (Å²) in [5.41, 5.74) is 7.38. The van der Waals surface area contributed by atoms with Crippen LogP contribution >= 0.6 is 0 Å². The monoisotopic (exact) mass is 418 g/mol. The fourth-order valence-corrected chi connectivity index (χ4v) is 3.24. The Labute approximate surface area is 182 Å². The number of aromatic hydroxyl groups is 1. The van der Waals surface area contributed by atoms with E-state index < -0.39 is 0 Å². The van der Waals surface area contributed by atoms with E-state index in [-0.39, 0.29) is 24.0 Å². The van der Waals surface area contributed by atoms with Crippen LogP contribution in [0.5, 0.6) is 5.75 Å². The number of unbranched alkanes of at least 4 members (excludes halogenated alkanes) is 1. The maximum Gasteiger partial charge on any atom is 0.296 e. The largest absolute Gasteiger partial charge is 0.504 e. The second-order valence-corrected chi connectivity index (χ2v) is 7.44. The molecule has 3 rings (SSSR count). The van der Waals surface area contributed by atoms with Gasteiger partial charge < -0.3 is 10.2 Å². The molecular formula is C24H26N4O3. The second-order valence-electron chi connectivity index (χ2n) is 7.44. The lowest BCUT2D eigenvalue weighted by atomic mass is 10.1. The minimum absolute atomic E-state index is 0.0384. The van der Waals surface area contributed by atoms with Crippen LogP contribution in [0.2, 0.25) is 0 Å². The number of benzene rings is 2.